The molecule has 0 unspecified atom stereocenters. The molecule has 0 bridgehead atoms. The van der Waals surface area contributed by atoms with Crippen LogP contribution in [0, 0.1) is 0 Å². The predicted octanol–water partition coefficient (Wildman–Crippen LogP) is -12.2. The SMILES string of the molecule is O.O.O.O.O.O.O.O.O=BO[B-](OB=O)(OB=O)OB=O.[Na+]. The molecule has 0 aromatic carbocycles. The molecule has 0 spiro atoms. The summed E-state index contributed by atoms with van der Waals surface area (Å²) in [4.78, 5) is 0. The van der Waals surface area contributed by atoms with Crippen LogP contribution in [0.1, 0.15) is 0 Å². The van der Waals surface area contributed by atoms with Crippen molar-refractivity contribution in [2.75, 3.05) is 0 Å². The number of hydrogen-bond acceptors (Lipinski definition) is 8. The van der Waals surface area contributed by atoms with Crippen molar-refractivity contribution >= 4 is 36.4 Å². The molecule has 16 N–H and O–H groups in total. The summed E-state index contributed by atoms with van der Waals surface area (Å²) >= 11 is 0. The van der Waals surface area contributed by atoms with E-state index < -0.39 is 6.96 Å². The van der Waals surface area contributed by atoms with Gasteiger partial charge in [-0.3, -0.25) is 0 Å². The Kier molecular flexibility index (Phi) is 133. The maximum absolute atomic E-state index is 9.85. The van der Waals surface area contributed by atoms with E-state index in [1.54, 1.807) is 0 Å². The van der Waals surface area contributed by atoms with Gasteiger partial charge in [-0.1, -0.05) is 0 Å². The molecule has 0 heterocycles. The van der Waals surface area contributed by atoms with Gasteiger partial charge in [0.25, 0.3) is 0 Å². The van der Waals surface area contributed by atoms with Crippen molar-refractivity contribution in [3.63, 3.8) is 0 Å². The van der Waals surface area contributed by atoms with Gasteiger partial charge in [-0.25, -0.2) is 0 Å². The monoisotopic (exact) mass is 350 g/mol. The van der Waals surface area contributed by atoms with E-state index in [1.807, 2.05) is 0 Å². The van der Waals surface area contributed by atoms with Gasteiger partial charge < -0.3 is 43.8 Å². The van der Waals surface area contributed by atoms with Crippen LogP contribution in [-0.2, 0) is 37.1 Å². The topological polar surface area (TPSA) is 357 Å². The van der Waals surface area contributed by atoms with Crippen molar-refractivity contribution < 1.29 is 110 Å². The Bertz CT molecular complexity index is 163. The van der Waals surface area contributed by atoms with Crippen molar-refractivity contribution in [1.82, 2.24) is 0 Å². The quantitative estimate of drug-likeness (QED) is 0.377. The van der Waals surface area contributed by atoms with Crippen molar-refractivity contribution in [1.29, 1.82) is 0 Å². The molecule has 22 heavy (non-hydrogen) atoms. The Labute approximate surface area is 147 Å². The van der Waals surface area contributed by atoms with Gasteiger partial charge in [0.1, 0.15) is 0 Å². The van der Waals surface area contributed by atoms with Crippen LogP contribution in [0.25, 0.3) is 0 Å². The van der Waals surface area contributed by atoms with Crippen LogP contribution in [-0.4, -0.2) is 80.2 Å². The first-order valence-electron chi connectivity index (χ1n) is 2.83. The minimum atomic E-state index is -3.44. The van der Waals surface area contributed by atoms with Gasteiger partial charge in [-0.15, -0.1) is 0 Å². The molecule has 0 amide bonds. The van der Waals surface area contributed by atoms with E-state index in [1.165, 1.54) is 0 Å². The first kappa shape index (κ1) is 68.5. The summed E-state index contributed by atoms with van der Waals surface area (Å²) in [7, 11) is -0.847. The summed E-state index contributed by atoms with van der Waals surface area (Å²) in [6, 6.07) is 0. The molecular weight excluding hydrogens is 333 g/mol. The van der Waals surface area contributed by atoms with Crippen LogP contribution < -0.4 is 29.6 Å². The van der Waals surface area contributed by atoms with Gasteiger partial charge in [0.05, 0.1) is 0 Å². The molecule has 0 aromatic heterocycles. The fourth-order valence-electron chi connectivity index (χ4n) is 0.465. The molecular formula is H16B5NaO16. The molecule has 22 heteroatoms. The number of hydrogen-bond donors (Lipinski definition) is 0. The molecule has 0 radical (unpaired) electrons. The Morgan fingerprint density at radius 1 is 0.455 bits per heavy atom. The summed E-state index contributed by atoms with van der Waals surface area (Å²) in [5, 5.41) is 0. The standard InChI is InChI=1S/B5O8.Na.8H2O/c6-1-10-5(11-2-7,12-3-8)13-4-9;;;;;;;;;/h;;8*1H2/q-1;+1;;;;;;;;. The first-order chi connectivity index (χ1) is 6.24. The summed E-state index contributed by atoms with van der Waals surface area (Å²) in [6.07, 6.45) is 0. The van der Waals surface area contributed by atoms with E-state index in [0.29, 0.717) is 0 Å². The molecule has 0 saturated carbocycles. The van der Waals surface area contributed by atoms with Gasteiger partial charge >= 0.3 is 103 Å². The van der Waals surface area contributed by atoms with Crippen LogP contribution in [0.4, 0.5) is 0 Å². The smallest absolute Gasteiger partial charge is 1.00 e. The average molecular weight is 349 g/mol. The summed E-state index contributed by atoms with van der Waals surface area (Å²) in [6.45, 7) is -3.44. The van der Waals surface area contributed by atoms with Gasteiger partial charge in [-0.05, 0) is 0 Å². The predicted molar refractivity (Wildman–Crippen MR) is 64.8 cm³/mol. The normalized spacial score (nSPS) is 4.73. The van der Waals surface area contributed by atoms with E-state index in [2.05, 4.69) is 18.3 Å². The second kappa shape index (κ2) is 42.8. The molecule has 0 aromatic rings. The molecule has 0 atom stereocenters. The molecule has 0 fully saturated rings. The van der Waals surface area contributed by atoms with Crippen LogP contribution >= 0.6 is 0 Å². The minimum absolute atomic E-state index is 0. The maximum Gasteiger partial charge on any atom is 1.00 e. The molecule has 0 aliphatic rings. The second-order valence-electron chi connectivity index (χ2n) is 1.51. The first-order valence-corrected chi connectivity index (χ1v) is 2.83. The zero-order valence-electron chi connectivity index (χ0n) is 11.2. The molecule has 128 valence electrons. The Balaban J connectivity index is -0.0000000200. The van der Waals surface area contributed by atoms with Gasteiger partial charge in [-0.2, -0.15) is 0 Å². The van der Waals surface area contributed by atoms with Gasteiger partial charge in [0.15, 0.2) is 0 Å². The van der Waals surface area contributed by atoms with Crippen LogP contribution in [0.2, 0.25) is 0 Å². The molecule has 0 aliphatic carbocycles. The second-order valence-corrected chi connectivity index (χ2v) is 1.51. The summed E-state index contributed by atoms with van der Waals surface area (Å²) in [5.41, 5.74) is 0. The Hall–Kier alpha value is -0.595. The minimum Gasteiger partial charge on any atom is 1.00 e. The Morgan fingerprint density at radius 3 is 0.682 bits per heavy atom. The van der Waals surface area contributed by atoms with Crippen LogP contribution in [0.5, 0.6) is 0 Å². The van der Waals surface area contributed by atoms with Crippen LogP contribution in [0.3, 0.4) is 0 Å². The zero-order valence-corrected chi connectivity index (χ0v) is 13.2. The van der Waals surface area contributed by atoms with E-state index in [-0.39, 0.29) is 103 Å². The van der Waals surface area contributed by atoms with Gasteiger partial charge in [0, 0.05) is 0 Å². The average Bonchev–Trinajstić information content (AvgIpc) is 2.06. The van der Waals surface area contributed by atoms with E-state index in [0.717, 1.165) is 0 Å². The Morgan fingerprint density at radius 2 is 0.591 bits per heavy atom. The van der Waals surface area contributed by atoms with E-state index in [9.17, 15) is 18.8 Å². The van der Waals surface area contributed by atoms with E-state index >= 15 is 0 Å². The molecule has 0 aliphatic heterocycles. The fraction of sp³-hybridized carbons (Fsp3) is 0. The largest absolute Gasteiger partial charge is 1.00 e. The third-order valence-corrected chi connectivity index (χ3v) is 0.889. The maximum atomic E-state index is 9.85. The van der Waals surface area contributed by atoms with E-state index in [4.69, 9.17) is 0 Å². The third-order valence-electron chi connectivity index (χ3n) is 0.889. The molecule has 0 saturated heterocycles. The van der Waals surface area contributed by atoms with Gasteiger partial charge in [0.2, 0.25) is 0 Å². The van der Waals surface area contributed by atoms with Crippen molar-refractivity contribution in [2.45, 2.75) is 0 Å². The number of rotatable bonds is 8. The van der Waals surface area contributed by atoms with Crippen molar-refractivity contribution in [3.05, 3.63) is 0 Å². The van der Waals surface area contributed by atoms with Crippen LogP contribution in [0.15, 0.2) is 0 Å². The summed E-state index contributed by atoms with van der Waals surface area (Å²) in [5.74, 6) is 0. The zero-order chi connectivity index (χ0) is 10.2. The van der Waals surface area contributed by atoms with Crippen molar-refractivity contribution in [3.8, 4) is 0 Å². The fourth-order valence-corrected chi connectivity index (χ4v) is 0.465. The third kappa shape index (κ3) is 27.7. The molecule has 16 nitrogen and oxygen atoms in total. The summed E-state index contributed by atoms with van der Waals surface area (Å²) < 4.78 is 55.3. The molecule has 0 rings (SSSR count). The van der Waals surface area contributed by atoms with Crippen molar-refractivity contribution in [2.24, 2.45) is 0 Å².